The number of fused-ring (bicyclic) bond motifs is 1. The number of nitrogens with one attached hydrogen (secondary N) is 1. The Hall–Kier alpha value is -3.55. The molecule has 0 spiro atoms. The van der Waals surface area contributed by atoms with E-state index >= 15 is 0 Å². The average molecular weight is 412 g/mol. The highest BCUT2D eigenvalue weighted by Gasteiger charge is 2.26. The molecule has 0 aliphatic carbocycles. The number of amides is 2. The Kier molecular flexibility index (Phi) is 5.69. The van der Waals surface area contributed by atoms with E-state index in [1.807, 2.05) is 0 Å². The zero-order valence-electron chi connectivity index (χ0n) is 17.3. The molecule has 1 heterocycles. The summed E-state index contributed by atoms with van der Waals surface area (Å²) in [7, 11) is 1.32. The van der Waals surface area contributed by atoms with Gasteiger partial charge in [0.1, 0.15) is 11.4 Å². The van der Waals surface area contributed by atoms with E-state index in [0.717, 1.165) is 11.1 Å². The fraction of sp³-hybridized carbons (Fsp3) is 0.318. The highest BCUT2D eigenvalue weighted by Crippen LogP contribution is 2.28. The molecule has 8 nitrogen and oxygen atoms in total. The standard InChI is InChI=1S/C22H24N2O6/c1-22(2,3)30-21(28)23-17-8-15(9-18(25)10-17)19(26)24-11-14-6-5-13(20(27)29-4)7-16(14)12-24/h5-10,25H,11-12H2,1-4H3,(H,23,28). The first-order valence-corrected chi connectivity index (χ1v) is 9.39. The number of carbonyl (C=O) groups excluding carboxylic acids is 3. The molecule has 158 valence electrons. The average Bonchev–Trinajstić information content (AvgIpc) is 3.07. The number of hydrogen-bond donors (Lipinski definition) is 2. The van der Waals surface area contributed by atoms with Crippen LogP contribution in [0.25, 0.3) is 0 Å². The molecule has 2 amide bonds. The van der Waals surface area contributed by atoms with Crippen LogP contribution in [0, 0.1) is 0 Å². The van der Waals surface area contributed by atoms with Crippen molar-refractivity contribution in [1.29, 1.82) is 0 Å². The first-order chi connectivity index (χ1) is 14.1. The van der Waals surface area contributed by atoms with Gasteiger partial charge in [0.15, 0.2) is 0 Å². The molecule has 3 rings (SSSR count). The Labute approximate surface area is 174 Å². The number of aromatic hydroxyl groups is 1. The number of carbonyl (C=O) groups is 3. The van der Waals surface area contributed by atoms with Gasteiger partial charge in [-0.3, -0.25) is 10.1 Å². The summed E-state index contributed by atoms with van der Waals surface area (Å²) in [6.07, 6.45) is -0.685. The molecule has 2 N–H and O–H groups in total. The lowest BCUT2D eigenvalue weighted by Crippen LogP contribution is -2.27. The minimum absolute atomic E-state index is 0.156. The highest BCUT2D eigenvalue weighted by atomic mass is 16.6. The van der Waals surface area contributed by atoms with Gasteiger partial charge in [-0.2, -0.15) is 0 Å². The lowest BCUT2D eigenvalue weighted by molar-refractivity contribution is 0.0598. The second kappa shape index (κ2) is 8.06. The minimum atomic E-state index is -0.685. The van der Waals surface area contributed by atoms with Crippen molar-refractivity contribution >= 4 is 23.7 Å². The first-order valence-electron chi connectivity index (χ1n) is 9.39. The fourth-order valence-electron chi connectivity index (χ4n) is 3.19. The summed E-state index contributed by atoms with van der Waals surface area (Å²) in [5.41, 5.74) is 2.01. The highest BCUT2D eigenvalue weighted by molar-refractivity contribution is 5.97. The van der Waals surface area contributed by atoms with Crippen molar-refractivity contribution in [2.24, 2.45) is 0 Å². The van der Waals surface area contributed by atoms with Crippen LogP contribution in [0.2, 0.25) is 0 Å². The number of methoxy groups -OCH3 is 1. The topological polar surface area (TPSA) is 105 Å². The molecular formula is C22H24N2O6. The van der Waals surface area contributed by atoms with E-state index in [2.05, 4.69) is 5.32 Å². The SMILES string of the molecule is COC(=O)c1ccc2c(c1)CN(C(=O)c1cc(O)cc(NC(=O)OC(C)(C)C)c1)C2. The van der Waals surface area contributed by atoms with Crippen molar-refractivity contribution in [3.05, 3.63) is 58.7 Å². The molecule has 0 fully saturated rings. The number of benzene rings is 2. The van der Waals surface area contributed by atoms with E-state index in [4.69, 9.17) is 9.47 Å². The molecule has 0 saturated carbocycles. The van der Waals surface area contributed by atoms with Crippen LogP contribution in [0.1, 0.15) is 52.6 Å². The molecule has 1 aliphatic rings. The van der Waals surface area contributed by atoms with Crippen molar-refractivity contribution in [3.63, 3.8) is 0 Å². The third-order valence-electron chi connectivity index (χ3n) is 4.45. The van der Waals surface area contributed by atoms with E-state index in [1.165, 1.54) is 25.3 Å². The van der Waals surface area contributed by atoms with E-state index in [-0.39, 0.29) is 22.9 Å². The largest absolute Gasteiger partial charge is 0.508 e. The number of esters is 1. The van der Waals surface area contributed by atoms with E-state index in [0.29, 0.717) is 18.7 Å². The van der Waals surface area contributed by atoms with E-state index in [9.17, 15) is 19.5 Å². The van der Waals surface area contributed by atoms with Crippen LogP contribution >= 0.6 is 0 Å². The molecule has 30 heavy (non-hydrogen) atoms. The second-order valence-corrected chi connectivity index (χ2v) is 8.03. The third-order valence-corrected chi connectivity index (χ3v) is 4.45. The number of rotatable bonds is 3. The minimum Gasteiger partial charge on any atom is -0.508 e. The lowest BCUT2D eigenvalue weighted by atomic mass is 10.1. The predicted octanol–water partition coefficient (Wildman–Crippen LogP) is 3.68. The van der Waals surface area contributed by atoms with Crippen molar-refractivity contribution in [1.82, 2.24) is 4.90 Å². The van der Waals surface area contributed by atoms with Gasteiger partial charge < -0.3 is 19.5 Å². The molecule has 0 unspecified atom stereocenters. The van der Waals surface area contributed by atoms with Gasteiger partial charge in [0.2, 0.25) is 0 Å². The molecule has 0 aromatic heterocycles. The van der Waals surface area contributed by atoms with Crippen molar-refractivity contribution in [2.45, 2.75) is 39.5 Å². The summed E-state index contributed by atoms with van der Waals surface area (Å²) in [4.78, 5) is 38.3. The number of hydrogen-bond acceptors (Lipinski definition) is 6. The molecule has 2 aromatic rings. The molecule has 0 radical (unpaired) electrons. The van der Waals surface area contributed by atoms with Gasteiger partial charge in [0, 0.05) is 30.4 Å². The number of phenolic OH excluding ortho intramolecular Hbond substituents is 1. The molecular weight excluding hydrogens is 388 g/mol. The summed E-state index contributed by atoms with van der Waals surface area (Å²) in [5, 5.41) is 12.5. The number of anilines is 1. The van der Waals surface area contributed by atoms with Crippen molar-refractivity contribution in [2.75, 3.05) is 12.4 Å². The zero-order valence-corrected chi connectivity index (χ0v) is 17.3. The van der Waals surface area contributed by atoms with Crippen LogP contribution < -0.4 is 5.32 Å². The number of ether oxygens (including phenoxy) is 2. The summed E-state index contributed by atoms with van der Waals surface area (Å²) in [6.45, 7) is 5.91. The van der Waals surface area contributed by atoms with Crippen LogP contribution in [0.3, 0.4) is 0 Å². The molecule has 1 aliphatic heterocycles. The van der Waals surface area contributed by atoms with Gasteiger partial charge in [-0.05, 0) is 56.2 Å². The van der Waals surface area contributed by atoms with Gasteiger partial charge >= 0.3 is 12.1 Å². The maximum absolute atomic E-state index is 13.0. The summed E-state index contributed by atoms with van der Waals surface area (Å²) < 4.78 is 9.93. The van der Waals surface area contributed by atoms with E-state index in [1.54, 1.807) is 43.9 Å². The molecule has 0 atom stereocenters. The van der Waals surface area contributed by atoms with Crippen LogP contribution in [0.15, 0.2) is 36.4 Å². The maximum atomic E-state index is 13.0. The van der Waals surface area contributed by atoms with Crippen LogP contribution in [0.4, 0.5) is 10.5 Å². The quantitative estimate of drug-likeness (QED) is 0.745. The lowest BCUT2D eigenvalue weighted by Gasteiger charge is -2.20. The third kappa shape index (κ3) is 4.89. The Morgan fingerprint density at radius 1 is 1.00 bits per heavy atom. The predicted molar refractivity (Wildman–Crippen MR) is 109 cm³/mol. The van der Waals surface area contributed by atoms with Crippen LogP contribution in [-0.4, -0.2) is 40.7 Å². The maximum Gasteiger partial charge on any atom is 0.412 e. The molecule has 0 saturated heterocycles. The Morgan fingerprint density at radius 3 is 2.37 bits per heavy atom. The molecule has 8 heteroatoms. The molecule has 0 bridgehead atoms. The zero-order chi connectivity index (χ0) is 22.1. The van der Waals surface area contributed by atoms with E-state index < -0.39 is 17.7 Å². The summed E-state index contributed by atoms with van der Waals surface area (Å²) in [5.74, 6) is -0.904. The van der Waals surface area contributed by atoms with Crippen LogP contribution in [-0.2, 0) is 22.6 Å². The Bertz CT molecular complexity index is 1010. The second-order valence-electron chi connectivity index (χ2n) is 8.03. The van der Waals surface area contributed by atoms with Crippen LogP contribution in [0.5, 0.6) is 5.75 Å². The van der Waals surface area contributed by atoms with Gasteiger partial charge in [-0.1, -0.05) is 6.07 Å². The molecule has 2 aromatic carbocycles. The smallest absolute Gasteiger partial charge is 0.412 e. The van der Waals surface area contributed by atoms with Gasteiger partial charge in [-0.25, -0.2) is 9.59 Å². The fourth-order valence-corrected chi connectivity index (χ4v) is 3.19. The Balaban J connectivity index is 1.76. The number of phenols is 1. The van der Waals surface area contributed by atoms with Gasteiger partial charge in [0.05, 0.1) is 12.7 Å². The van der Waals surface area contributed by atoms with Gasteiger partial charge in [-0.15, -0.1) is 0 Å². The summed E-state index contributed by atoms with van der Waals surface area (Å²) >= 11 is 0. The van der Waals surface area contributed by atoms with Gasteiger partial charge in [0.25, 0.3) is 5.91 Å². The monoisotopic (exact) mass is 412 g/mol. The first kappa shape index (κ1) is 21.2. The summed E-state index contributed by atoms with van der Waals surface area (Å²) in [6, 6.07) is 9.33. The van der Waals surface area contributed by atoms with Crippen molar-refractivity contribution < 1.29 is 29.0 Å². The number of nitrogens with zero attached hydrogens (tertiary/aromatic N) is 1. The normalized spacial score (nSPS) is 12.9. The van der Waals surface area contributed by atoms with Crippen molar-refractivity contribution in [3.8, 4) is 5.75 Å². The Morgan fingerprint density at radius 2 is 1.70 bits per heavy atom.